The van der Waals surface area contributed by atoms with Gasteiger partial charge in [-0.1, -0.05) is 6.92 Å². The molecule has 2 rings (SSSR count). The lowest BCUT2D eigenvalue weighted by atomic mass is 9.81. The molecule has 2 aliphatic heterocycles. The highest BCUT2D eigenvalue weighted by molar-refractivity contribution is 4.89. The molecule has 2 heterocycles. The van der Waals surface area contributed by atoms with Gasteiger partial charge in [-0.15, -0.1) is 0 Å². The van der Waals surface area contributed by atoms with Gasteiger partial charge in [-0.2, -0.15) is 0 Å². The zero-order chi connectivity index (χ0) is 12.1. The summed E-state index contributed by atoms with van der Waals surface area (Å²) in [6.45, 7) is 8.45. The van der Waals surface area contributed by atoms with Crippen LogP contribution in [-0.4, -0.2) is 38.5 Å². The van der Waals surface area contributed by atoms with Crippen molar-refractivity contribution in [2.24, 2.45) is 5.41 Å². The first-order chi connectivity index (χ1) is 8.24. The van der Waals surface area contributed by atoms with Crippen molar-refractivity contribution in [1.29, 1.82) is 0 Å². The largest absolute Gasteiger partial charge is 0.381 e. The molecule has 0 saturated carbocycles. The van der Waals surface area contributed by atoms with E-state index in [1.54, 1.807) is 0 Å². The van der Waals surface area contributed by atoms with Crippen molar-refractivity contribution in [3.05, 3.63) is 0 Å². The highest BCUT2D eigenvalue weighted by atomic mass is 16.5. The lowest BCUT2D eigenvalue weighted by Gasteiger charge is -2.30. The van der Waals surface area contributed by atoms with E-state index < -0.39 is 0 Å². The molecule has 17 heavy (non-hydrogen) atoms. The predicted molar refractivity (Wildman–Crippen MR) is 69.2 cm³/mol. The van der Waals surface area contributed by atoms with Crippen LogP contribution in [0.25, 0.3) is 0 Å². The van der Waals surface area contributed by atoms with Gasteiger partial charge >= 0.3 is 0 Å². The van der Waals surface area contributed by atoms with Crippen LogP contribution in [0.2, 0.25) is 0 Å². The van der Waals surface area contributed by atoms with Gasteiger partial charge in [0, 0.05) is 18.6 Å². The standard InChI is InChI=1S/C14H27NO2/c1-3-7-15-10-14(6-8-16-11-14)9-13-5-4-12(2)17-13/h12-13,15H,3-11H2,1-2H3. The molecule has 3 heteroatoms. The SMILES string of the molecule is CCCNCC1(CC2CCC(C)O2)CCOC1. The van der Waals surface area contributed by atoms with Crippen molar-refractivity contribution >= 4 is 0 Å². The Morgan fingerprint density at radius 2 is 2.24 bits per heavy atom. The summed E-state index contributed by atoms with van der Waals surface area (Å²) in [7, 11) is 0. The molecule has 3 unspecified atom stereocenters. The second kappa shape index (κ2) is 6.17. The molecule has 2 saturated heterocycles. The zero-order valence-corrected chi connectivity index (χ0v) is 11.3. The van der Waals surface area contributed by atoms with E-state index in [-0.39, 0.29) is 0 Å². The quantitative estimate of drug-likeness (QED) is 0.724. The summed E-state index contributed by atoms with van der Waals surface area (Å²) in [6.07, 6.45) is 6.96. The molecular formula is C14H27NO2. The molecule has 0 aromatic carbocycles. The summed E-state index contributed by atoms with van der Waals surface area (Å²) >= 11 is 0. The summed E-state index contributed by atoms with van der Waals surface area (Å²) in [5, 5.41) is 3.57. The van der Waals surface area contributed by atoms with E-state index in [1.165, 1.54) is 32.1 Å². The highest BCUT2D eigenvalue weighted by Crippen LogP contribution is 2.37. The predicted octanol–water partition coefficient (Wildman–Crippen LogP) is 2.35. The van der Waals surface area contributed by atoms with Gasteiger partial charge in [-0.3, -0.25) is 0 Å². The minimum atomic E-state index is 0.337. The molecule has 0 bridgehead atoms. The van der Waals surface area contributed by atoms with Gasteiger partial charge in [0.1, 0.15) is 0 Å². The van der Waals surface area contributed by atoms with Gasteiger partial charge in [0.25, 0.3) is 0 Å². The number of rotatable bonds is 6. The zero-order valence-electron chi connectivity index (χ0n) is 11.3. The third kappa shape index (κ3) is 3.67. The second-order valence-corrected chi connectivity index (χ2v) is 5.83. The fourth-order valence-electron chi connectivity index (χ4n) is 3.07. The smallest absolute Gasteiger partial charge is 0.0586 e. The Labute approximate surface area is 105 Å². The Morgan fingerprint density at radius 3 is 2.82 bits per heavy atom. The molecule has 3 atom stereocenters. The van der Waals surface area contributed by atoms with Crippen LogP contribution in [0.4, 0.5) is 0 Å². The summed E-state index contributed by atoms with van der Waals surface area (Å²) in [5.74, 6) is 0. The van der Waals surface area contributed by atoms with Gasteiger partial charge in [0.2, 0.25) is 0 Å². The Bertz CT molecular complexity index is 226. The maximum absolute atomic E-state index is 5.97. The molecule has 0 aromatic heterocycles. The molecule has 2 aliphatic rings. The van der Waals surface area contributed by atoms with Gasteiger partial charge in [-0.25, -0.2) is 0 Å². The van der Waals surface area contributed by atoms with Crippen molar-refractivity contribution in [2.75, 3.05) is 26.3 Å². The number of ether oxygens (including phenoxy) is 2. The first kappa shape index (κ1) is 13.3. The van der Waals surface area contributed by atoms with E-state index in [4.69, 9.17) is 9.47 Å². The van der Waals surface area contributed by atoms with Crippen molar-refractivity contribution in [2.45, 2.75) is 58.2 Å². The molecule has 0 radical (unpaired) electrons. The van der Waals surface area contributed by atoms with E-state index in [2.05, 4.69) is 19.2 Å². The second-order valence-electron chi connectivity index (χ2n) is 5.83. The van der Waals surface area contributed by atoms with Crippen LogP contribution in [0.3, 0.4) is 0 Å². The molecule has 0 spiro atoms. The van der Waals surface area contributed by atoms with Crippen LogP contribution in [0.5, 0.6) is 0 Å². The number of hydrogen-bond acceptors (Lipinski definition) is 3. The van der Waals surface area contributed by atoms with Crippen LogP contribution in [-0.2, 0) is 9.47 Å². The maximum Gasteiger partial charge on any atom is 0.0586 e. The summed E-state index contributed by atoms with van der Waals surface area (Å²) in [4.78, 5) is 0. The first-order valence-corrected chi connectivity index (χ1v) is 7.18. The molecule has 2 fully saturated rings. The third-order valence-corrected chi connectivity index (χ3v) is 4.09. The van der Waals surface area contributed by atoms with Crippen LogP contribution in [0.1, 0.15) is 46.0 Å². The van der Waals surface area contributed by atoms with Crippen molar-refractivity contribution < 1.29 is 9.47 Å². The average Bonchev–Trinajstić information content (AvgIpc) is 2.90. The topological polar surface area (TPSA) is 30.5 Å². The third-order valence-electron chi connectivity index (χ3n) is 4.09. The fourth-order valence-corrected chi connectivity index (χ4v) is 3.07. The Kier molecular flexibility index (Phi) is 4.83. The average molecular weight is 241 g/mol. The van der Waals surface area contributed by atoms with Gasteiger partial charge in [0.05, 0.1) is 18.8 Å². The maximum atomic E-state index is 5.97. The molecule has 0 aliphatic carbocycles. The van der Waals surface area contributed by atoms with Crippen molar-refractivity contribution in [3.63, 3.8) is 0 Å². The summed E-state index contributed by atoms with van der Waals surface area (Å²) in [6, 6.07) is 0. The van der Waals surface area contributed by atoms with E-state index in [1.807, 2.05) is 0 Å². The molecule has 1 N–H and O–H groups in total. The first-order valence-electron chi connectivity index (χ1n) is 7.18. The van der Waals surface area contributed by atoms with Gasteiger partial charge in [-0.05, 0) is 45.6 Å². The number of hydrogen-bond donors (Lipinski definition) is 1. The molecule has 3 nitrogen and oxygen atoms in total. The minimum absolute atomic E-state index is 0.337. The lowest BCUT2D eigenvalue weighted by Crippen LogP contribution is -2.38. The van der Waals surface area contributed by atoms with E-state index in [0.717, 1.165) is 26.3 Å². The van der Waals surface area contributed by atoms with Crippen LogP contribution < -0.4 is 5.32 Å². The Morgan fingerprint density at radius 1 is 1.35 bits per heavy atom. The lowest BCUT2D eigenvalue weighted by molar-refractivity contribution is 0.0177. The Hall–Kier alpha value is -0.120. The summed E-state index contributed by atoms with van der Waals surface area (Å²) < 4.78 is 11.6. The number of nitrogens with one attached hydrogen (secondary N) is 1. The molecule has 0 amide bonds. The highest BCUT2D eigenvalue weighted by Gasteiger charge is 2.38. The molecular weight excluding hydrogens is 214 g/mol. The van der Waals surface area contributed by atoms with Crippen molar-refractivity contribution in [1.82, 2.24) is 5.32 Å². The van der Waals surface area contributed by atoms with E-state index in [9.17, 15) is 0 Å². The normalized spacial score (nSPS) is 37.8. The molecule has 0 aromatic rings. The van der Waals surface area contributed by atoms with Gasteiger partial charge in [0.15, 0.2) is 0 Å². The monoisotopic (exact) mass is 241 g/mol. The van der Waals surface area contributed by atoms with Crippen LogP contribution in [0, 0.1) is 5.41 Å². The van der Waals surface area contributed by atoms with E-state index >= 15 is 0 Å². The van der Waals surface area contributed by atoms with Crippen molar-refractivity contribution in [3.8, 4) is 0 Å². The van der Waals surface area contributed by atoms with E-state index in [0.29, 0.717) is 17.6 Å². The summed E-state index contributed by atoms with van der Waals surface area (Å²) in [5.41, 5.74) is 0.337. The fraction of sp³-hybridized carbons (Fsp3) is 1.00. The van der Waals surface area contributed by atoms with Gasteiger partial charge < -0.3 is 14.8 Å². The Balaban J connectivity index is 1.83. The van der Waals surface area contributed by atoms with Crippen LogP contribution >= 0.6 is 0 Å². The van der Waals surface area contributed by atoms with Crippen LogP contribution in [0.15, 0.2) is 0 Å². The molecule has 100 valence electrons. The minimum Gasteiger partial charge on any atom is -0.381 e.